The minimum absolute atomic E-state index is 0.123. The predicted octanol–water partition coefficient (Wildman–Crippen LogP) is 1.32. The standard InChI is InChI=1S/C20H27N5O/c1-15-5-2-3-6-16(15)13-25-19(26)17-14-23(10-4-8-21)11-7-18(17)24-12-9-22-20(24)25/h2-3,5-6H,4,7-14,21H2,1H3. The molecule has 3 aliphatic heterocycles. The van der Waals surface area contributed by atoms with Crippen molar-refractivity contribution in [2.45, 2.75) is 26.3 Å². The number of hydrogen-bond acceptors (Lipinski definition) is 5. The van der Waals surface area contributed by atoms with E-state index < -0.39 is 0 Å². The van der Waals surface area contributed by atoms with Gasteiger partial charge in [-0.1, -0.05) is 24.3 Å². The van der Waals surface area contributed by atoms with Gasteiger partial charge in [0.25, 0.3) is 5.91 Å². The summed E-state index contributed by atoms with van der Waals surface area (Å²) in [5.74, 6) is 0.963. The van der Waals surface area contributed by atoms with E-state index in [1.54, 1.807) is 0 Å². The van der Waals surface area contributed by atoms with Gasteiger partial charge in [0.15, 0.2) is 0 Å². The monoisotopic (exact) mass is 353 g/mol. The van der Waals surface area contributed by atoms with E-state index in [0.717, 1.165) is 57.1 Å². The lowest BCUT2D eigenvalue weighted by Gasteiger charge is -2.42. The Balaban J connectivity index is 1.62. The third kappa shape index (κ3) is 3.04. The molecule has 4 rings (SSSR count). The molecule has 1 aromatic rings. The van der Waals surface area contributed by atoms with Gasteiger partial charge >= 0.3 is 0 Å². The van der Waals surface area contributed by atoms with Crippen molar-refractivity contribution in [3.63, 3.8) is 0 Å². The number of guanidine groups is 1. The van der Waals surface area contributed by atoms with E-state index in [2.05, 4.69) is 33.8 Å². The van der Waals surface area contributed by atoms with Crippen molar-refractivity contribution < 1.29 is 4.79 Å². The second-order valence-electron chi connectivity index (χ2n) is 7.24. The van der Waals surface area contributed by atoms with Crippen LogP contribution < -0.4 is 5.73 Å². The molecule has 6 nitrogen and oxygen atoms in total. The molecular weight excluding hydrogens is 326 g/mol. The first-order valence-corrected chi connectivity index (χ1v) is 9.52. The first-order valence-electron chi connectivity index (χ1n) is 9.52. The summed E-state index contributed by atoms with van der Waals surface area (Å²) in [4.78, 5) is 24.5. The van der Waals surface area contributed by atoms with Crippen molar-refractivity contribution >= 4 is 11.9 Å². The Bertz CT molecular complexity index is 769. The molecule has 1 amide bonds. The number of rotatable bonds is 5. The van der Waals surface area contributed by atoms with E-state index >= 15 is 0 Å². The highest BCUT2D eigenvalue weighted by Gasteiger charge is 2.40. The molecule has 2 N–H and O–H groups in total. The maximum absolute atomic E-state index is 13.3. The molecule has 0 aliphatic carbocycles. The molecule has 138 valence electrons. The highest BCUT2D eigenvalue weighted by molar-refractivity contribution is 6.09. The maximum atomic E-state index is 13.3. The highest BCUT2D eigenvalue weighted by atomic mass is 16.2. The molecule has 0 saturated heterocycles. The zero-order valence-corrected chi connectivity index (χ0v) is 15.4. The summed E-state index contributed by atoms with van der Waals surface area (Å²) in [7, 11) is 0. The molecular formula is C20H27N5O. The van der Waals surface area contributed by atoms with Crippen LogP contribution in [0.5, 0.6) is 0 Å². The summed E-state index contributed by atoms with van der Waals surface area (Å²) >= 11 is 0. The van der Waals surface area contributed by atoms with Crippen LogP contribution in [0.2, 0.25) is 0 Å². The van der Waals surface area contributed by atoms with Crippen LogP contribution in [0.25, 0.3) is 0 Å². The Labute approximate surface area is 155 Å². The maximum Gasteiger partial charge on any atom is 0.259 e. The molecule has 0 unspecified atom stereocenters. The van der Waals surface area contributed by atoms with Crippen LogP contribution in [-0.4, -0.2) is 65.8 Å². The van der Waals surface area contributed by atoms with Gasteiger partial charge < -0.3 is 10.6 Å². The SMILES string of the molecule is Cc1ccccc1CN1C(=O)C2=C(CCN(CCCN)C2)N2CCN=C12. The summed E-state index contributed by atoms with van der Waals surface area (Å²) in [5, 5.41) is 0. The van der Waals surface area contributed by atoms with E-state index in [9.17, 15) is 4.79 Å². The fraction of sp³-hybridized carbons (Fsp3) is 0.500. The lowest BCUT2D eigenvalue weighted by Crippen LogP contribution is -2.53. The van der Waals surface area contributed by atoms with Gasteiger partial charge in [-0.05, 0) is 37.6 Å². The Morgan fingerprint density at radius 3 is 2.88 bits per heavy atom. The van der Waals surface area contributed by atoms with Gasteiger partial charge in [0, 0.05) is 31.8 Å². The Morgan fingerprint density at radius 2 is 2.08 bits per heavy atom. The van der Waals surface area contributed by atoms with Crippen LogP contribution >= 0.6 is 0 Å². The number of aliphatic imine (C=N–C) groups is 1. The molecule has 3 aliphatic rings. The number of aryl methyl sites for hydroxylation is 1. The summed E-state index contributed by atoms with van der Waals surface area (Å²) in [6.07, 6.45) is 1.89. The Morgan fingerprint density at radius 1 is 1.23 bits per heavy atom. The lowest BCUT2D eigenvalue weighted by molar-refractivity contribution is -0.125. The lowest BCUT2D eigenvalue weighted by atomic mass is 10.00. The van der Waals surface area contributed by atoms with Crippen LogP contribution in [0.4, 0.5) is 0 Å². The van der Waals surface area contributed by atoms with Crippen molar-refractivity contribution in [3.05, 3.63) is 46.7 Å². The number of carbonyl (C=O) groups is 1. The third-order valence-electron chi connectivity index (χ3n) is 5.55. The zero-order chi connectivity index (χ0) is 18.1. The number of nitrogens with zero attached hydrogens (tertiary/aromatic N) is 4. The number of carbonyl (C=O) groups excluding carboxylic acids is 1. The zero-order valence-electron chi connectivity index (χ0n) is 15.4. The normalized spacial score (nSPS) is 20.4. The topological polar surface area (TPSA) is 65.2 Å². The van der Waals surface area contributed by atoms with Crippen molar-refractivity contribution in [3.8, 4) is 0 Å². The van der Waals surface area contributed by atoms with E-state index in [-0.39, 0.29) is 5.91 Å². The predicted molar refractivity (Wildman–Crippen MR) is 102 cm³/mol. The molecule has 0 bridgehead atoms. The third-order valence-corrected chi connectivity index (χ3v) is 5.55. The second-order valence-corrected chi connectivity index (χ2v) is 7.24. The number of hydrogen-bond donors (Lipinski definition) is 1. The molecule has 26 heavy (non-hydrogen) atoms. The Kier molecular flexibility index (Phi) is 4.78. The molecule has 6 heteroatoms. The van der Waals surface area contributed by atoms with Crippen LogP contribution in [0.15, 0.2) is 40.5 Å². The van der Waals surface area contributed by atoms with E-state index in [1.807, 2.05) is 17.0 Å². The van der Waals surface area contributed by atoms with Crippen LogP contribution in [-0.2, 0) is 11.3 Å². The van der Waals surface area contributed by atoms with Gasteiger partial charge in [-0.2, -0.15) is 0 Å². The van der Waals surface area contributed by atoms with Crippen LogP contribution in [0.1, 0.15) is 24.0 Å². The second kappa shape index (κ2) is 7.21. The fourth-order valence-electron chi connectivity index (χ4n) is 4.08. The molecule has 0 aromatic heterocycles. The fourth-order valence-corrected chi connectivity index (χ4v) is 4.08. The van der Waals surface area contributed by atoms with Gasteiger partial charge in [0.2, 0.25) is 5.96 Å². The summed E-state index contributed by atoms with van der Waals surface area (Å²) in [6.45, 7) is 7.70. The van der Waals surface area contributed by atoms with Crippen LogP contribution in [0, 0.1) is 6.92 Å². The largest absolute Gasteiger partial charge is 0.330 e. The van der Waals surface area contributed by atoms with Gasteiger partial charge in [0.05, 0.1) is 18.7 Å². The average molecular weight is 353 g/mol. The highest BCUT2D eigenvalue weighted by Crippen LogP contribution is 2.31. The van der Waals surface area contributed by atoms with Crippen LogP contribution in [0.3, 0.4) is 0 Å². The number of nitrogens with two attached hydrogens (primary N) is 1. The van der Waals surface area contributed by atoms with Crippen molar-refractivity contribution in [1.29, 1.82) is 0 Å². The van der Waals surface area contributed by atoms with Gasteiger partial charge in [-0.15, -0.1) is 0 Å². The van der Waals surface area contributed by atoms with E-state index in [1.165, 1.54) is 16.8 Å². The van der Waals surface area contributed by atoms with Gasteiger partial charge in [0.1, 0.15) is 0 Å². The minimum atomic E-state index is 0.123. The minimum Gasteiger partial charge on any atom is -0.330 e. The number of fused-ring (bicyclic) bond motifs is 2. The van der Waals surface area contributed by atoms with Gasteiger partial charge in [-0.25, -0.2) is 0 Å². The van der Waals surface area contributed by atoms with Crippen molar-refractivity contribution in [2.75, 3.05) is 39.3 Å². The Hall–Kier alpha value is -2.18. The molecule has 0 radical (unpaired) electrons. The molecule has 0 fully saturated rings. The summed E-state index contributed by atoms with van der Waals surface area (Å²) in [5.41, 5.74) is 10.2. The number of benzene rings is 1. The smallest absolute Gasteiger partial charge is 0.259 e. The summed E-state index contributed by atoms with van der Waals surface area (Å²) in [6, 6.07) is 8.26. The number of amides is 1. The van der Waals surface area contributed by atoms with E-state index in [0.29, 0.717) is 13.1 Å². The average Bonchev–Trinajstić information content (AvgIpc) is 3.14. The first-order chi connectivity index (χ1) is 12.7. The molecule has 0 saturated carbocycles. The van der Waals surface area contributed by atoms with E-state index in [4.69, 9.17) is 5.73 Å². The van der Waals surface area contributed by atoms with Crippen molar-refractivity contribution in [1.82, 2.24) is 14.7 Å². The molecule has 0 atom stereocenters. The van der Waals surface area contributed by atoms with Crippen molar-refractivity contribution in [2.24, 2.45) is 10.7 Å². The first kappa shape index (κ1) is 17.2. The molecule has 0 spiro atoms. The molecule has 3 heterocycles. The summed E-state index contributed by atoms with van der Waals surface area (Å²) < 4.78 is 0. The van der Waals surface area contributed by atoms with Gasteiger partial charge in [-0.3, -0.25) is 19.6 Å². The molecule has 1 aromatic carbocycles. The quantitative estimate of drug-likeness (QED) is 0.867.